The van der Waals surface area contributed by atoms with Crippen LogP contribution in [0.3, 0.4) is 0 Å². The second-order valence-electron chi connectivity index (χ2n) is 12.4. The summed E-state index contributed by atoms with van der Waals surface area (Å²) in [5, 5.41) is 13.8. The smallest absolute Gasteiger partial charge is 0.410 e. The lowest BCUT2D eigenvalue weighted by molar-refractivity contribution is 0.00576. The van der Waals surface area contributed by atoms with Crippen molar-refractivity contribution in [3.05, 3.63) is 42.2 Å². The van der Waals surface area contributed by atoms with Crippen LogP contribution in [0.1, 0.15) is 58.4 Å². The number of ether oxygens (including phenoxy) is 3. The summed E-state index contributed by atoms with van der Waals surface area (Å²) in [7, 11) is 3.52. The summed E-state index contributed by atoms with van der Waals surface area (Å²) in [6.07, 6.45) is 9.60. The van der Waals surface area contributed by atoms with Crippen LogP contribution < -0.4 is 9.64 Å². The third-order valence-corrected chi connectivity index (χ3v) is 8.35. The first kappa shape index (κ1) is 27.5. The highest BCUT2D eigenvalue weighted by atomic mass is 16.7. The Kier molecular flexibility index (Phi) is 7.36. The summed E-state index contributed by atoms with van der Waals surface area (Å²) < 4.78 is 18.7. The summed E-state index contributed by atoms with van der Waals surface area (Å²) in [5.41, 5.74) is 4.41. The van der Waals surface area contributed by atoms with Crippen molar-refractivity contribution >= 4 is 11.9 Å². The molecule has 1 aromatic carbocycles. The standard InChI is InChI=1S/C31H40N6O4/c1-31(2,3)41-30(38)37-23-9-10-24(37)16-25(15-23)36-12-6-7-21-13-27(33-34-29(21)36)26-11-8-20(14-28(26)40-19-39-5)22-17-32-35(4)18-22/h8,11,13-14,17-18,23-25H,6-7,9-10,12,15-16,19H2,1-5H3/t23-,24-/m0/s1. The fourth-order valence-electron chi connectivity index (χ4n) is 6.62. The molecular formula is C31H40N6O4. The summed E-state index contributed by atoms with van der Waals surface area (Å²) in [4.78, 5) is 17.4. The van der Waals surface area contributed by atoms with Gasteiger partial charge in [0.1, 0.15) is 11.4 Å². The minimum Gasteiger partial charge on any atom is -0.467 e. The first-order chi connectivity index (χ1) is 19.7. The summed E-state index contributed by atoms with van der Waals surface area (Å²) in [6.45, 7) is 6.89. The molecule has 10 nitrogen and oxygen atoms in total. The van der Waals surface area contributed by atoms with E-state index in [2.05, 4.69) is 22.1 Å². The zero-order valence-corrected chi connectivity index (χ0v) is 24.7. The minimum absolute atomic E-state index is 0.139. The number of nitrogens with zero attached hydrogens (tertiary/aromatic N) is 6. The van der Waals surface area contributed by atoms with Crippen molar-refractivity contribution in [3.8, 4) is 28.1 Å². The van der Waals surface area contributed by atoms with Crippen LogP contribution in [0.2, 0.25) is 0 Å². The molecule has 0 saturated carbocycles. The monoisotopic (exact) mass is 560 g/mol. The third-order valence-electron chi connectivity index (χ3n) is 8.35. The van der Waals surface area contributed by atoms with Gasteiger partial charge < -0.3 is 24.0 Å². The van der Waals surface area contributed by atoms with E-state index in [9.17, 15) is 4.79 Å². The minimum atomic E-state index is -0.486. The Hall–Kier alpha value is -3.66. The maximum absolute atomic E-state index is 13.0. The fraction of sp³-hybridized carbons (Fsp3) is 0.548. The fourth-order valence-corrected chi connectivity index (χ4v) is 6.62. The van der Waals surface area contributed by atoms with Crippen molar-refractivity contribution < 1.29 is 19.0 Å². The lowest BCUT2D eigenvalue weighted by Gasteiger charge is -2.45. The van der Waals surface area contributed by atoms with Crippen molar-refractivity contribution in [2.24, 2.45) is 7.05 Å². The van der Waals surface area contributed by atoms with Gasteiger partial charge in [0.05, 0.1) is 11.9 Å². The van der Waals surface area contributed by atoms with E-state index in [1.165, 1.54) is 5.56 Å². The number of rotatable bonds is 6. The molecule has 0 N–H and O–H groups in total. The number of aryl methyl sites for hydroxylation is 2. The molecule has 2 saturated heterocycles. The number of benzene rings is 1. The van der Waals surface area contributed by atoms with Crippen molar-refractivity contribution in [2.45, 2.75) is 83.0 Å². The Balaban J connectivity index is 1.24. The molecule has 2 fully saturated rings. The predicted octanol–water partition coefficient (Wildman–Crippen LogP) is 5.21. The number of methoxy groups -OCH3 is 1. The van der Waals surface area contributed by atoms with E-state index in [1.807, 2.05) is 57.2 Å². The van der Waals surface area contributed by atoms with E-state index in [1.54, 1.807) is 11.8 Å². The number of hydrogen-bond donors (Lipinski definition) is 0. The van der Waals surface area contributed by atoms with Gasteiger partial charge in [-0.3, -0.25) is 4.68 Å². The summed E-state index contributed by atoms with van der Waals surface area (Å²) in [6, 6.07) is 9.03. The molecule has 218 valence electrons. The molecule has 2 atom stereocenters. The van der Waals surface area contributed by atoms with Crippen LogP contribution >= 0.6 is 0 Å². The van der Waals surface area contributed by atoms with Gasteiger partial charge in [-0.2, -0.15) is 5.10 Å². The SMILES string of the molecule is COCOc1cc(-c2cnn(C)c2)ccc1-c1cc2c(nn1)N(C1C[C@@H]3CC[C@@H](C1)N3C(=O)OC(C)(C)C)CCC2. The van der Waals surface area contributed by atoms with Crippen molar-refractivity contribution in [1.82, 2.24) is 24.9 Å². The quantitative estimate of drug-likeness (QED) is 0.379. The van der Waals surface area contributed by atoms with Crippen molar-refractivity contribution in [2.75, 3.05) is 25.3 Å². The van der Waals surface area contributed by atoms with Gasteiger partial charge in [0, 0.05) is 56.2 Å². The van der Waals surface area contributed by atoms with E-state index < -0.39 is 5.60 Å². The number of carbonyl (C=O) groups excluding carboxylic acids is 1. The Morgan fingerprint density at radius 2 is 1.83 bits per heavy atom. The maximum atomic E-state index is 13.0. The highest BCUT2D eigenvalue weighted by Gasteiger charge is 2.46. The number of aromatic nitrogens is 4. The van der Waals surface area contributed by atoms with E-state index >= 15 is 0 Å². The van der Waals surface area contributed by atoms with Crippen LogP contribution in [0.4, 0.5) is 10.6 Å². The molecule has 41 heavy (non-hydrogen) atoms. The van der Waals surface area contributed by atoms with Crippen LogP contribution in [-0.2, 0) is 22.9 Å². The zero-order valence-electron chi connectivity index (χ0n) is 24.7. The number of piperidine rings is 1. The number of hydrogen-bond acceptors (Lipinski definition) is 8. The van der Waals surface area contributed by atoms with Crippen LogP contribution in [0.5, 0.6) is 5.75 Å². The van der Waals surface area contributed by atoms with Crippen LogP contribution in [0.15, 0.2) is 36.7 Å². The molecule has 2 aromatic heterocycles. The van der Waals surface area contributed by atoms with Gasteiger partial charge in [0.25, 0.3) is 0 Å². The molecule has 6 rings (SSSR count). The summed E-state index contributed by atoms with van der Waals surface area (Å²) in [5.74, 6) is 1.67. The maximum Gasteiger partial charge on any atom is 0.410 e. The zero-order chi connectivity index (χ0) is 28.7. The highest BCUT2D eigenvalue weighted by molar-refractivity contribution is 5.75. The highest BCUT2D eigenvalue weighted by Crippen LogP contribution is 2.42. The van der Waals surface area contributed by atoms with Crippen LogP contribution in [-0.4, -0.2) is 75.1 Å². The molecule has 0 spiro atoms. The summed E-state index contributed by atoms with van der Waals surface area (Å²) >= 11 is 0. The van der Waals surface area contributed by atoms with Crippen molar-refractivity contribution in [1.29, 1.82) is 0 Å². The van der Waals surface area contributed by atoms with Crippen LogP contribution in [0.25, 0.3) is 22.4 Å². The predicted molar refractivity (Wildman–Crippen MR) is 156 cm³/mol. The van der Waals surface area contributed by atoms with Gasteiger partial charge in [-0.15, -0.1) is 10.2 Å². The van der Waals surface area contributed by atoms with Gasteiger partial charge in [-0.05, 0) is 88.6 Å². The molecular weight excluding hydrogens is 520 g/mol. The van der Waals surface area contributed by atoms with Gasteiger partial charge in [0.15, 0.2) is 12.6 Å². The van der Waals surface area contributed by atoms with Crippen LogP contribution in [0, 0.1) is 0 Å². The number of amides is 1. The lowest BCUT2D eigenvalue weighted by atomic mass is 9.93. The van der Waals surface area contributed by atoms with Gasteiger partial charge >= 0.3 is 6.09 Å². The van der Waals surface area contributed by atoms with E-state index in [4.69, 9.17) is 24.4 Å². The van der Waals surface area contributed by atoms with Gasteiger partial charge in [0.2, 0.25) is 0 Å². The Labute approximate surface area is 241 Å². The van der Waals surface area contributed by atoms with E-state index in [0.717, 1.165) is 73.3 Å². The third kappa shape index (κ3) is 5.62. The average molecular weight is 561 g/mol. The molecule has 2 bridgehead atoms. The Morgan fingerprint density at radius 3 is 2.51 bits per heavy atom. The van der Waals surface area contributed by atoms with Gasteiger partial charge in [-0.1, -0.05) is 6.07 Å². The molecule has 3 aliphatic rings. The first-order valence-corrected chi connectivity index (χ1v) is 14.6. The van der Waals surface area contributed by atoms with Gasteiger partial charge in [-0.25, -0.2) is 4.79 Å². The second-order valence-corrected chi connectivity index (χ2v) is 12.4. The number of fused-ring (bicyclic) bond motifs is 3. The molecule has 1 amide bonds. The molecule has 0 radical (unpaired) electrons. The van der Waals surface area contributed by atoms with E-state index in [-0.39, 0.29) is 25.0 Å². The topological polar surface area (TPSA) is 94.8 Å². The average Bonchev–Trinajstić information content (AvgIpc) is 3.50. The Morgan fingerprint density at radius 1 is 1.05 bits per heavy atom. The largest absolute Gasteiger partial charge is 0.467 e. The van der Waals surface area contributed by atoms with E-state index in [0.29, 0.717) is 11.8 Å². The molecule has 3 aromatic rings. The molecule has 10 heteroatoms. The molecule has 3 aliphatic heterocycles. The molecule has 0 aliphatic carbocycles. The second kappa shape index (κ2) is 11.0. The Bertz CT molecular complexity index is 1400. The molecule has 0 unspecified atom stereocenters. The number of anilines is 1. The normalized spacial score (nSPS) is 22.0. The van der Waals surface area contributed by atoms with Crippen molar-refractivity contribution in [3.63, 3.8) is 0 Å². The number of carbonyl (C=O) groups is 1. The lowest BCUT2D eigenvalue weighted by Crippen LogP contribution is -2.54. The first-order valence-electron chi connectivity index (χ1n) is 14.6. The molecule has 5 heterocycles.